The van der Waals surface area contributed by atoms with Gasteiger partial charge in [0.2, 0.25) is 0 Å². The third kappa shape index (κ3) is 3.63. The Morgan fingerprint density at radius 3 is 2.55 bits per heavy atom. The zero-order valence-electron chi connectivity index (χ0n) is 13.8. The summed E-state index contributed by atoms with van der Waals surface area (Å²) in [6, 6.07) is 7.52. The van der Waals surface area contributed by atoms with E-state index >= 15 is 0 Å². The molecule has 1 unspecified atom stereocenters. The van der Waals surface area contributed by atoms with E-state index in [0.29, 0.717) is 11.5 Å². The van der Waals surface area contributed by atoms with Crippen molar-refractivity contribution < 1.29 is 0 Å². The van der Waals surface area contributed by atoms with Crippen LogP contribution in [0.25, 0.3) is 0 Å². The zero-order valence-corrected chi connectivity index (χ0v) is 13.8. The first-order valence-corrected chi connectivity index (χ1v) is 8.34. The molecule has 0 saturated heterocycles. The van der Waals surface area contributed by atoms with E-state index in [9.17, 15) is 0 Å². The standard InChI is InChI=1S/C19H31N/c1-5-12-20-18(19(4)10-6-7-11-19)14-17-13-15(2)8-9-16(17)3/h8-9,13,18,20H,5-7,10-12,14H2,1-4H3. The van der Waals surface area contributed by atoms with Gasteiger partial charge in [0.15, 0.2) is 0 Å². The molecule has 112 valence electrons. The van der Waals surface area contributed by atoms with Crippen LogP contribution in [0.15, 0.2) is 18.2 Å². The average molecular weight is 273 g/mol. The Kier molecular flexibility index (Phi) is 5.26. The maximum atomic E-state index is 3.85. The van der Waals surface area contributed by atoms with E-state index in [4.69, 9.17) is 0 Å². The predicted octanol–water partition coefficient (Wildman–Crippen LogP) is 4.79. The van der Waals surface area contributed by atoms with E-state index in [1.807, 2.05) is 0 Å². The summed E-state index contributed by atoms with van der Waals surface area (Å²) in [6.45, 7) is 10.4. The molecule has 1 aromatic rings. The molecule has 0 radical (unpaired) electrons. The van der Waals surface area contributed by atoms with Crippen molar-refractivity contribution in [3.63, 3.8) is 0 Å². The van der Waals surface area contributed by atoms with Crippen molar-refractivity contribution in [2.45, 2.75) is 72.3 Å². The van der Waals surface area contributed by atoms with E-state index in [0.717, 1.165) is 6.54 Å². The Morgan fingerprint density at radius 2 is 1.90 bits per heavy atom. The number of aryl methyl sites for hydroxylation is 2. The molecule has 0 aliphatic heterocycles. The molecule has 1 heteroatoms. The number of nitrogens with one attached hydrogen (secondary N) is 1. The molecule has 1 aliphatic rings. The van der Waals surface area contributed by atoms with Crippen LogP contribution in [0.5, 0.6) is 0 Å². The van der Waals surface area contributed by atoms with Crippen LogP contribution in [0.4, 0.5) is 0 Å². The Bertz CT molecular complexity index is 429. The number of benzene rings is 1. The lowest BCUT2D eigenvalue weighted by Gasteiger charge is -2.35. The quantitative estimate of drug-likeness (QED) is 0.785. The fourth-order valence-electron chi connectivity index (χ4n) is 3.65. The largest absolute Gasteiger partial charge is 0.313 e. The van der Waals surface area contributed by atoms with Gasteiger partial charge in [0.1, 0.15) is 0 Å². The first kappa shape index (κ1) is 15.6. The lowest BCUT2D eigenvalue weighted by Crippen LogP contribution is -2.44. The molecule has 1 aromatic carbocycles. The van der Waals surface area contributed by atoms with Crippen LogP contribution in [0.3, 0.4) is 0 Å². The van der Waals surface area contributed by atoms with Crippen LogP contribution in [0, 0.1) is 19.3 Å². The van der Waals surface area contributed by atoms with Crippen molar-refractivity contribution in [3.8, 4) is 0 Å². The van der Waals surface area contributed by atoms with Gasteiger partial charge in [0.05, 0.1) is 0 Å². The molecule has 1 N–H and O–H groups in total. The molecule has 0 aromatic heterocycles. The summed E-state index contributed by atoms with van der Waals surface area (Å²) in [5, 5.41) is 3.85. The van der Waals surface area contributed by atoms with Gasteiger partial charge in [-0.05, 0) is 62.6 Å². The molecule has 0 amide bonds. The molecule has 0 bridgehead atoms. The highest BCUT2D eigenvalue weighted by atomic mass is 14.9. The third-order valence-corrected chi connectivity index (χ3v) is 5.16. The summed E-state index contributed by atoms with van der Waals surface area (Å²) in [5.41, 5.74) is 4.86. The molecule has 1 atom stereocenters. The number of rotatable bonds is 6. The molecule has 0 spiro atoms. The summed E-state index contributed by atoms with van der Waals surface area (Å²) in [7, 11) is 0. The van der Waals surface area contributed by atoms with Crippen LogP contribution in [0.1, 0.15) is 62.6 Å². The highest BCUT2D eigenvalue weighted by Crippen LogP contribution is 2.41. The fourth-order valence-corrected chi connectivity index (χ4v) is 3.65. The minimum absolute atomic E-state index is 0.491. The Morgan fingerprint density at radius 1 is 1.20 bits per heavy atom. The van der Waals surface area contributed by atoms with Crippen molar-refractivity contribution in [3.05, 3.63) is 34.9 Å². The highest BCUT2D eigenvalue weighted by Gasteiger charge is 2.36. The van der Waals surface area contributed by atoms with E-state index in [-0.39, 0.29) is 0 Å². The van der Waals surface area contributed by atoms with Gasteiger partial charge in [-0.15, -0.1) is 0 Å². The topological polar surface area (TPSA) is 12.0 Å². The molecule has 2 rings (SSSR count). The van der Waals surface area contributed by atoms with Gasteiger partial charge >= 0.3 is 0 Å². The minimum Gasteiger partial charge on any atom is -0.313 e. The van der Waals surface area contributed by atoms with Gasteiger partial charge in [0.25, 0.3) is 0 Å². The number of hydrogen-bond donors (Lipinski definition) is 1. The summed E-state index contributed by atoms with van der Waals surface area (Å²) < 4.78 is 0. The van der Waals surface area contributed by atoms with Crippen molar-refractivity contribution in [1.29, 1.82) is 0 Å². The second kappa shape index (κ2) is 6.76. The molecule has 1 aliphatic carbocycles. The van der Waals surface area contributed by atoms with Crippen molar-refractivity contribution in [2.24, 2.45) is 5.41 Å². The van der Waals surface area contributed by atoms with Gasteiger partial charge in [-0.25, -0.2) is 0 Å². The smallest absolute Gasteiger partial charge is 0.0161 e. The van der Waals surface area contributed by atoms with Crippen LogP contribution in [-0.4, -0.2) is 12.6 Å². The molecule has 1 saturated carbocycles. The van der Waals surface area contributed by atoms with E-state index in [2.05, 4.69) is 51.2 Å². The normalized spacial score (nSPS) is 19.2. The van der Waals surface area contributed by atoms with E-state index in [1.54, 1.807) is 0 Å². The maximum absolute atomic E-state index is 3.85. The summed E-state index contributed by atoms with van der Waals surface area (Å²) in [5.74, 6) is 0. The first-order valence-electron chi connectivity index (χ1n) is 8.34. The monoisotopic (exact) mass is 273 g/mol. The lowest BCUT2D eigenvalue weighted by molar-refractivity contribution is 0.219. The molecular formula is C19H31N. The van der Waals surface area contributed by atoms with Crippen molar-refractivity contribution in [1.82, 2.24) is 5.32 Å². The second-order valence-electron chi connectivity index (χ2n) is 7.00. The van der Waals surface area contributed by atoms with Gasteiger partial charge in [-0.2, -0.15) is 0 Å². The zero-order chi connectivity index (χ0) is 14.6. The number of hydrogen-bond acceptors (Lipinski definition) is 1. The third-order valence-electron chi connectivity index (χ3n) is 5.16. The predicted molar refractivity (Wildman–Crippen MR) is 88.3 cm³/mol. The first-order chi connectivity index (χ1) is 9.55. The molecular weight excluding hydrogens is 242 g/mol. The van der Waals surface area contributed by atoms with E-state index < -0.39 is 0 Å². The lowest BCUT2D eigenvalue weighted by atomic mass is 9.77. The van der Waals surface area contributed by atoms with Crippen LogP contribution in [0.2, 0.25) is 0 Å². The fraction of sp³-hybridized carbons (Fsp3) is 0.684. The van der Waals surface area contributed by atoms with Crippen LogP contribution in [-0.2, 0) is 6.42 Å². The highest BCUT2D eigenvalue weighted by molar-refractivity contribution is 5.31. The molecule has 1 nitrogen and oxygen atoms in total. The van der Waals surface area contributed by atoms with Crippen LogP contribution >= 0.6 is 0 Å². The van der Waals surface area contributed by atoms with Crippen LogP contribution < -0.4 is 5.32 Å². The summed E-state index contributed by atoms with van der Waals surface area (Å²) in [6.07, 6.45) is 8.00. The Hall–Kier alpha value is -0.820. The van der Waals surface area contributed by atoms with Crippen molar-refractivity contribution >= 4 is 0 Å². The molecule has 0 heterocycles. The minimum atomic E-state index is 0.491. The maximum Gasteiger partial charge on any atom is 0.0161 e. The van der Waals surface area contributed by atoms with Gasteiger partial charge in [-0.3, -0.25) is 0 Å². The van der Waals surface area contributed by atoms with Gasteiger partial charge in [0, 0.05) is 6.04 Å². The molecule has 20 heavy (non-hydrogen) atoms. The Balaban J connectivity index is 2.16. The second-order valence-corrected chi connectivity index (χ2v) is 7.00. The van der Waals surface area contributed by atoms with E-state index in [1.165, 1.54) is 55.2 Å². The van der Waals surface area contributed by atoms with Gasteiger partial charge < -0.3 is 5.32 Å². The summed E-state index contributed by atoms with van der Waals surface area (Å²) >= 11 is 0. The van der Waals surface area contributed by atoms with Gasteiger partial charge in [-0.1, -0.05) is 50.5 Å². The molecule has 1 fully saturated rings. The van der Waals surface area contributed by atoms with Crippen molar-refractivity contribution in [2.75, 3.05) is 6.54 Å². The Labute approximate surface area is 125 Å². The average Bonchev–Trinajstić information content (AvgIpc) is 2.86. The SMILES string of the molecule is CCCNC(Cc1cc(C)ccc1C)C1(C)CCCC1. The summed E-state index contributed by atoms with van der Waals surface area (Å²) in [4.78, 5) is 0.